The third kappa shape index (κ3) is 1.92. The zero-order valence-corrected chi connectivity index (χ0v) is 14.7. The van der Waals surface area contributed by atoms with Crippen molar-refractivity contribution in [2.24, 2.45) is 40.2 Å². The van der Waals surface area contributed by atoms with Crippen LogP contribution in [-0.4, -0.2) is 32.3 Å². The van der Waals surface area contributed by atoms with E-state index >= 15 is 0 Å². The molecule has 0 aromatic carbocycles. The molecule has 4 bridgehead atoms. The first kappa shape index (κ1) is 15.8. The van der Waals surface area contributed by atoms with Crippen molar-refractivity contribution in [3.8, 4) is 0 Å². The van der Waals surface area contributed by atoms with Crippen LogP contribution in [0.4, 0.5) is 0 Å². The molecule has 0 aliphatic heterocycles. The van der Waals surface area contributed by atoms with E-state index in [2.05, 4.69) is 26.0 Å². The van der Waals surface area contributed by atoms with Crippen LogP contribution in [0.1, 0.15) is 39.5 Å². The second-order valence-electron chi connectivity index (χ2n) is 8.73. The number of allylic oxidation sites excluding steroid dienone is 2. The molecule has 4 rings (SSSR count). The molecular formula is C18H27NO3S. The van der Waals surface area contributed by atoms with Crippen molar-refractivity contribution in [2.45, 2.75) is 50.9 Å². The summed E-state index contributed by atoms with van der Waals surface area (Å²) in [5, 5.41) is 10.5. The molecule has 0 spiro atoms. The number of carbonyl (C=O) groups is 1. The standard InChI is InChI=1S/C18H27NO3S/c1-17(2)12-5-6-18(17,13(20)8-12)9-23(22)15-11-4-3-10(7-11)14(15)16(19)21/h3-4,10-15,20H,5-9H2,1-2H3,(H2,19,21)/t10-,11+,12+,13+,14-,15+,18+,23?/m0/s1. The molecule has 0 saturated heterocycles. The predicted octanol–water partition coefficient (Wildman–Crippen LogP) is 1.60. The Morgan fingerprint density at radius 3 is 2.57 bits per heavy atom. The first-order chi connectivity index (χ1) is 10.8. The number of fused-ring (bicyclic) bond motifs is 4. The number of rotatable bonds is 4. The molecule has 23 heavy (non-hydrogen) atoms. The molecule has 0 aromatic rings. The Balaban J connectivity index is 1.61. The van der Waals surface area contributed by atoms with Gasteiger partial charge in [-0.25, -0.2) is 0 Å². The van der Waals surface area contributed by atoms with Crippen LogP contribution in [0.5, 0.6) is 0 Å². The fraction of sp³-hybridized carbons (Fsp3) is 0.833. The van der Waals surface area contributed by atoms with Crippen molar-refractivity contribution in [3.05, 3.63) is 12.2 Å². The van der Waals surface area contributed by atoms with Gasteiger partial charge in [0, 0.05) is 22.0 Å². The van der Waals surface area contributed by atoms with Crippen LogP contribution in [0.3, 0.4) is 0 Å². The normalized spacial score (nSPS) is 50.6. The van der Waals surface area contributed by atoms with Gasteiger partial charge in [-0.2, -0.15) is 0 Å². The van der Waals surface area contributed by atoms with Gasteiger partial charge in [0.25, 0.3) is 0 Å². The Hall–Kier alpha value is -0.680. The van der Waals surface area contributed by atoms with E-state index in [1.807, 2.05) is 0 Å². The highest BCUT2D eigenvalue weighted by Crippen LogP contribution is 2.66. The second kappa shape index (κ2) is 4.92. The van der Waals surface area contributed by atoms with E-state index in [1.165, 1.54) is 0 Å². The number of aliphatic hydroxyl groups is 1. The molecule has 3 fully saturated rings. The van der Waals surface area contributed by atoms with Crippen LogP contribution >= 0.6 is 0 Å². The topological polar surface area (TPSA) is 80.4 Å². The van der Waals surface area contributed by atoms with Gasteiger partial charge in [-0.05, 0) is 48.9 Å². The van der Waals surface area contributed by atoms with Crippen LogP contribution in [0, 0.1) is 34.5 Å². The molecule has 4 nitrogen and oxygen atoms in total. The van der Waals surface area contributed by atoms with Gasteiger partial charge >= 0.3 is 0 Å². The second-order valence-corrected chi connectivity index (χ2v) is 10.3. The number of primary amides is 1. The van der Waals surface area contributed by atoms with Crippen LogP contribution in [0.25, 0.3) is 0 Å². The molecule has 3 saturated carbocycles. The maximum absolute atomic E-state index is 13.3. The lowest BCUT2D eigenvalue weighted by Gasteiger charge is -2.41. The Labute approximate surface area is 140 Å². The molecular weight excluding hydrogens is 310 g/mol. The van der Waals surface area contributed by atoms with E-state index in [0.717, 1.165) is 25.7 Å². The summed E-state index contributed by atoms with van der Waals surface area (Å²) in [6, 6.07) is 0. The first-order valence-corrected chi connectivity index (χ1v) is 10.2. The van der Waals surface area contributed by atoms with E-state index in [0.29, 0.717) is 11.7 Å². The Morgan fingerprint density at radius 2 is 2.00 bits per heavy atom. The zero-order chi connectivity index (χ0) is 16.6. The number of amides is 1. The molecule has 5 heteroatoms. The predicted molar refractivity (Wildman–Crippen MR) is 89.8 cm³/mol. The Morgan fingerprint density at radius 1 is 1.30 bits per heavy atom. The summed E-state index contributed by atoms with van der Waals surface area (Å²) >= 11 is 0. The molecule has 3 N–H and O–H groups in total. The molecule has 8 atom stereocenters. The molecule has 1 unspecified atom stereocenters. The first-order valence-electron chi connectivity index (χ1n) is 8.81. The fourth-order valence-electron chi connectivity index (χ4n) is 6.24. The number of hydrogen-bond acceptors (Lipinski definition) is 3. The largest absolute Gasteiger partial charge is 0.392 e. The summed E-state index contributed by atoms with van der Waals surface area (Å²) in [5.74, 6) is 0.828. The van der Waals surface area contributed by atoms with Gasteiger partial charge < -0.3 is 10.8 Å². The van der Waals surface area contributed by atoms with Crippen LogP contribution in [0.15, 0.2) is 12.2 Å². The minimum atomic E-state index is -1.13. The molecule has 4 aliphatic carbocycles. The van der Waals surface area contributed by atoms with Gasteiger partial charge in [-0.15, -0.1) is 0 Å². The minimum absolute atomic E-state index is 0.0256. The van der Waals surface area contributed by atoms with Gasteiger partial charge in [0.05, 0.1) is 17.3 Å². The maximum Gasteiger partial charge on any atom is 0.222 e. The van der Waals surface area contributed by atoms with Crippen molar-refractivity contribution >= 4 is 16.7 Å². The molecule has 1 amide bonds. The zero-order valence-electron chi connectivity index (χ0n) is 13.9. The van der Waals surface area contributed by atoms with Crippen molar-refractivity contribution < 1.29 is 14.1 Å². The lowest BCUT2D eigenvalue weighted by molar-refractivity contribution is -0.122. The molecule has 0 aromatic heterocycles. The number of carbonyl (C=O) groups excluding carboxylic acids is 1. The molecule has 0 radical (unpaired) electrons. The lowest BCUT2D eigenvalue weighted by Crippen LogP contribution is -2.47. The summed E-state index contributed by atoms with van der Waals surface area (Å²) in [6.45, 7) is 4.45. The van der Waals surface area contributed by atoms with E-state index in [1.54, 1.807) is 0 Å². The van der Waals surface area contributed by atoms with Crippen LogP contribution in [-0.2, 0) is 15.6 Å². The minimum Gasteiger partial charge on any atom is -0.392 e. The number of aliphatic hydroxyl groups excluding tert-OH is 1. The van der Waals surface area contributed by atoms with E-state index in [9.17, 15) is 14.1 Å². The third-order valence-electron chi connectivity index (χ3n) is 7.81. The summed E-state index contributed by atoms with van der Waals surface area (Å²) in [5.41, 5.74) is 5.39. The van der Waals surface area contributed by atoms with Crippen molar-refractivity contribution in [1.29, 1.82) is 0 Å². The van der Waals surface area contributed by atoms with Crippen molar-refractivity contribution in [1.82, 2.24) is 0 Å². The highest BCUT2D eigenvalue weighted by Gasteiger charge is 2.65. The highest BCUT2D eigenvalue weighted by molar-refractivity contribution is 7.85. The van der Waals surface area contributed by atoms with Gasteiger partial charge in [0.1, 0.15) is 0 Å². The summed E-state index contributed by atoms with van der Waals surface area (Å²) in [7, 11) is -1.13. The number of nitrogens with two attached hydrogens (primary N) is 1. The third-order valence-corrected chi connectivity index (χ3v) is 9.86. The monoisotopic (exact) mass is 337 g/mol. The summed E-state index contributed by atoms with van der Waals surface area (Å²) in [4.78, 5) is 11.9. The Bertz CT molecular complexity index is 601. The average molecular weight is 337 g/mol. The molecule has 128 valence electrons. The van der Waals surface area contributed by atoms with E-state index in [-0.39, 0.29) is 45.8 Å². The van der Waals surface area contributed by atoms with Crippen molar-refractivity contribution in [2.75, 3.05) is 5.75 Å². The quantitative estimate of drug-likeness (QED) is 0.765. The smallest absolute Gasteiger partial charge is 0.222 e. The maximum atomic E-state index is 13.3. The van der Waals surface area contributed by atoms with Gasteiger partial charge in [0.2, 0.25) is 5.91 Å². The average Bonchev–Trinajstić information content (AvgIpc) is 3.17. The SMILES string of the molecule is CC1(C)[C@@H]2CC[C@@]1(CS(=O)[C@H]1[C@@H](C(N)=O)[C@H]3C=C[C@@H]1C3)[C@H](O)C2. The highest BCUT2D eigenvalue weighted by atomic mass is 32.2. The summed E-state index contributed by atoms with van der Waals surface area (Å²) < 4.78 is 13.3. The van der Waals surface area contributed by atoms with Gasteiger partial charge in [0.15, 0.2) is 0 Å². The van der Waals surface area contributed by atoms with Crippen LogP contribution in [0.2, 0.25) is 0 Å². The van der Waals surface area contributed by atoms with E-state index in [4.69, 9.17) is 5.73 Å². The van der Waals surface area contributed by atoms with Gasteiger partial charge in [-0.1, -0.05) is 26.0 Å². The molecule has 4 aliphatic rings. The fourth-order valence-corrected chi connectivity index (χ4v) is 8.90. The molecule has 0 heterocycles. The van der Waals surface area contributed by atoms with Gasteiger partial charge in [-0.3, -0.25) is 9.00 Å². The van der Waals surface area contributed by atoms with E-state index < -0.39 is 10.8 Å². The Kier molecular flexibility index (Phi) is 3.38. The van der Waals surface area contributed by atoms with Crippen molar-refractivity contribution in [3.63, 3.8) is 0 Å². The number of hydrogen-bond donors (Lipinski definition) is 2. The summed E-state index contributed by atoms with van der Waals surface area (Å²) in [6.07, 6.45) is 7.66. The lowest BCUT2D eigenvalue weighted by atomic mass is 9.70. The van der Waals surface area contributed by atoms with Crippen LogP contribution < -0.4 is 5.73 Å².